The van der Waals surface area contributed by atoms with Crippen molar-refractivity contribution in [2.45, 2.75) is 168 Å². The number of nitrogens with zero attached hydrogens (tertiary/aromatic N) is 2. The summed E-state index contributed by atoms with van der Waals surface area (Å²) in [7, 11) is 4.17. The molecule has 0 aromatic heterocycles. The molecule has 0 heterocycles. The summed E-state index contributed by atoms with van der Waals surface area (Å²) in [5.41, 5.74) is 0. The van der Waals surface area contributed by atoms with Crippen LogP contribution >= 0.6 is 11.8 Å². The highest BCUT2D eigenvalue weighted by molar-refractivity contribution is 7.99. The molecule has 0 aliphatic rings. The fraction of sp³-hybridized carbons (Fsp3) is 0.875. The highest BCUT2D eigenvalue weighted by atomic mass is 32.2. The van der Waals surface area contributed by atoms with Crippen LogP contribution in [0.4, 0.5) is 0 Å². The van der Waals surface area contributed by atoms with E-state index in [9.17, 15) is 14.4 Å². The quantitative estimate of drug-likeness (QED) is 0.0367. The highest BCUT2D eigenvalue weighted by Gasteiger charge is 2.13. The summed E-state index contributed by atoms with van der Waals surface area (Å²) in [5.74, 6) is 1.77. The SMILES string of the molecule is CCCOC(=O)C/C=C\CCCCCCCCCCN(CCCCCCCCCCCCCC(=O)OCCC)C(=O)CSCCN(C)C. The predicted octanol–water partition coefficient (Wildman–Crippen LogP) is 10.2. The molecule has 0 bridgehead atoms. The number of carbonyl (C=O) groups is 3. The molecule has 0 spiro atoms. The second-order valence-corrected chi connectivity index (χ2v) is 14.7. The number of hydrogen-bond acceptors (Lipinski definition) is 7. The molecular weight excluding hydrogens is 621 g/mol. The fourth-order valence-electron chi connectivity index (χ4n) is 5.51. The lowest BCUT2D eigenvalue weighted by Gasteiger charge is -2.23. The second-order valence-electron chi connectivity index (χ2n) is 13.6. The molecular formula is C40H76N2O5S. The van der Waals surface area contributed by atoms with Gasteiger partial charge in [-0.1, -0.05) is 122 Å². The largest absolute Gasteiger partial charge is 0.466 e. The van der Waals surface area contributed by atoms with Gasteiger partial charge in [0, 0.05) is 31.8 Å². The van der Waals surface area contributed by atoms with Crippen LogP contribution in [0.25, 0.3) is 0 Å². The van der Waals surface area contributed by atoms with Gasteiger partial charge in [-0.15, -0.1) is 0 Å². The van der Waals surface area contributed by atoms with E-state index in [1.807, 2.05) is 19.9 Å². The van der Waals surface area contributed by atoms with Gasteiger partial charge in [0.15, 0.2) is 0 Å². The van der Waals surface area contributed by atoms with Crippen LogP contribution in [0.3, 0.4) is 0 Å². The van der Waals surface area contributed by atoms with E-state index in [1.54, 1.807) is 11.8 Å². The zero-order chi connectivity index (χ0) is 35.3. The predicted molar refractivity (Wildman–Crippen MR) is 206 cm³/mol. The number of allylic oxidation sites excluding steroid dienone is 1. The van der Waals surface area contributed by atoms with Crippen molar-refractivity contribution in [2.75, 3.05) is 58.4 Å². The zero-order valence-electron chi connectivity index (χ0n) is 31.9. The first kappa shape index (κ1) is 46.5. The Balaban J connectivity index is 3.97. The minimum absolute atomic E-state index is 0.0390. The second kappa shape index (κ2) is 36.7. The lowest BCUT2D eigenvalue weighted by atomic mass is 10.0. The Morgan fingerprint density at radius 2 is 1.02 bits per heavy atom. The summed E-state index contributed by atoms with van der Waals surface area (Å²) in [6, 6.07) is 0. The number of unbranched alkanes of at least 4 members (excludes halogenated alkanes) is 18. The van der Waals surface area contributed by atoms with Crippen LogP contribution in [-0.4, -0.2) is 86.1 Å². The third-order valence-corrected chi connectivity index (χ3v) is 9.43. The summed E-state index contributed by atoms with van der Waals surface area (Å²) in [4.78, 5) is 40.4. The van der Waals surface area contributed by atoms with Crippen LogP contribution in [0.5, 0.6) is 0 Å². The van der Waals surface area contributed by atoms with Crippen molar-refractivity contribution in [2.24, 2.45) is 0 Å². The number of ether oxygens (including phenoxy) is 2. The Hall–Kier alpha value is -1.54. The molecule has 0 N–H and O–H groups in total. The maximum absolute atomic E-state index is 13.0. The normalized spacial score (nSPS) is 11.4. The number of esters is 2. The first-order chi connectivity index (χ1) is 23.4. The van der Waals surface area contributed by atoms with Gasteiger partial charge in [-0.2, -0.15) is 11.8 Å². The van der Waals surface area contributed by atoms with Crippen molar-refractivity contribution in [3.8, 4) is 0 Å². The van der Waals surface area contributed by atoms with E-state index in [2.05, 4.69) is 30.0 Å². The van der Waals surface area contributed by atoms with E-state index in [0.29, 0.717) is 37.7 Å². The summed E-state index contributed by atoms with van der Waals surface area (Å²) in [6.45, 7) is 7.93. The summed E-state index contributed by atoms with van der Waals surface area (Å²) < 4.78 is 10.2. The van der Waals surface area contributed by atoms with E-state index in [-0.39, 0.29) is 11.9 Å². The van der Waals surface area contributed by atoms with Crippen LogP contribution < -0.4 is 0 Å². The first-order valence-electron chi connectivity index (χ1n) is 19.9. The average Bonchev–Trinajstić information content (AvgIpc) is 3.07. The van der Waals surface area contributed by atoms with Gasteiger partial charge >= 0.3 is 11.9 Å². The zero-order valence-corrected chi connectivity index (χ0v) is 32.7. The van der Waals surface area contributed by atoms with Crippen molar-refractivity contribution in [1.82, 2.24) is 9.80 Å². The summed E-state index contributed by atoms with van der Waals surface area (Å²) in [5, 5.41) is 0. The van der Waals surface area contributed by atoms with Crippen LogP contribution in [0.1, 0.15) is 168 Å². The molecule has 7 nitrogen and oxygen atoms in total. The number of thioether (sulfide) groups is 1. The van der Waals surface area contributed by atoms with Gasteiger partial charge in [-0.3, -0.25) is 14.4 Å². The lowest BCUT2D eigenvalue weighted by Crippen LogP contribution is -2.34. The van der Waals surface area contributed by atoms with Crippen molar-refractivity contribution < 1.29 is 23.9 Å². The highest BCUT2D eigenvalue weighted by Crippen LogP contribution is 2.15. The van der Waals surface area contributed by atoms with E-state index >= 15 is 0 Å². The monoisotopic (exact) mass is 697 g/mol. The Bertz CT molecular complexity index is 777. The molecule has 8 heteroatoms. The standard InChI is InChI=1S/C40H76N2O5S/c1-5-34-46-39(44)29-25-21-17-13-9-7-11-15-19-23-27-31-42(38(43)37-48-36-33-41(3)4)32-28-24-20-16-12-8-10-14-18-22-26-30-40(45)47-35-6-2/h21,25H,5-20,22-24,26-37H2,1-4H3/b25-21-. The van der Waals surface area contributed by atoms with E-state index in [0.717, 1.165) is 70.3 Å². The van der Waals surface area contributed by atoms with Gasteiger partial charge in [0.2, 0.25) is 5.91 Å². The van der Waals surface area contributed by atoms with E-state index in [4.69, 9.17) is 9.47 Å². The van der Waals surface area contributed by atoms with Gasteiger partial charge in [0.25, 0.3) is 0 Å². The molecule has 282 valence electrons. The van der Waals surface area contributed by atoms with Gasteiger partial charge in [-0.05, 0) is 59.0 Å². The smallest absolute Gasteiger partial charge is 0.309 e. The van der Waals surface area contributed by atoms with Crippen LogP contribution in [-0.2, 0) is 23.9 Å². The maximum Gasteiger partial charge on any atom is 0.309 e. The third kappa shape index (κ3) is 34.3. The Morgan fingerprint density at radius 1 is 0.562 bits per heavy atom. The first-order valence-corrected chi connectivity index (χ1v) is 21.0. The molecule has 1 amide bonds. The molecule has 0 aliphatic carbocycles. The Morgan fingerprint density at radius 3 is 1.52 bits per heavy atom. The van der Waals surface area contributed by atoms with Crippen molar-refractivity contribution in [3.05, 3.63) is 12.2 Å². The van der Waals surface area contributed by atoms with Crippen molar-refractivity contribution >= 4 is 29.6 Å². The van der Waals surface area contributed by atoms with Crippen LogP contribution in [0.2, 0.25) is 0 Å². The van der Waals surface area contributed by atoms with Gasteiger partial charge in [-0.25, -0.2) is 0 Å². The number of rotatable bonds is 36. The minimum atomic E-state index is -0.124. The van der Waals surface area contributed by atoms with Gasteiger partial charge in [0.1, 0.15) is 0 Å². The molecule has 0 aromatic carbocycles. The van der Waals surface area contributed by atoms with Crippen molar-refractivity contribution in [1.29, 1.82) is 0 Å². The van der Waals surface area contributed by atoms with E-state index in [1.165, 1.54) is 96.3 Å². The number of hydrogen-bond donors (Lipinski definition) is 0. The minimum Gasteiger partial charge on any atom is -0.466 e. The molecule has 0 aromatic rings. The van der Waals surface area contributed by atoms with Crippen LogP contribution in [0, 0.1) is 0 Å². The molecule has 0 aliphatic heterocycles. The summed E-state index contributed by atoms with van der Waals surface area (Å²) >= 11 is 1.77. The molecule has 0 saturated heterocycles. The fourth-order valence-corrected chi connectivity index (χ4v) is 6.50. The lowest BCUT2D eigenvalue weighted by molar-refractivity contribution is -0.144. The third-order valence-electron chi connectivity index (χ3n) is 8.50. The molecule has 0 radical (unpaired) electrons. The average molecular weight is 697 g/mol. The molecule has 48 heavy (non-hydrogen) atoms. The van der Waals surface area contributed by atoms with Gasteiger partial charge in [0.05, 0.1) is 25.4 Å². The molecule has 0 saturated carbocycles. The number of carbonyl (C=O) groups excluding carboxylic acids is 3. The number of amides is 1. The van der Waals surface area contributed by atoms with Crippen molar-refractivity contribution in [3.63, 3.8) is 0 Å². The van der Waals surface area contributed by atoms with Gasteiger partial charge < -0.3 is 19.3 Å². The Kier molecular flexibility index (Phi) is 35.6. The molecule has 0 fully saturated rings. The van der Waals surface area contributed by atoms with E-state index < -0.39 is 0 Å². The Labute approximate surface area is 301 Å². The molecule has 0 atom stereocenters. The van der Waals surface area contributed by atoms with Crippen LogP contribution in [0.15, 0.2) is 12.2 Å². The molecule has 0 rings (SSSR count). The summed E-state index contributed by atoms with van der Waals surface area (Å²) in [6.07, 6.45) is 31.1. The topological polar surface area (TPSA) is 76.1 Å². The maximum atomic E-state index is 13.0. The molecule has 0 unspecified atom stereocenters.